The highest BCUT2D eigenvalue weighted by molar-refractivity contribution is 6.01. The van der Waals surface area contributed by atoms with Crippen molar-refractivity contribution in [2.24, 2.45) is 10.9 Å². The van der Waals surface area contributed by atoms with Crippen LogP contribution in [-0.2, 0) is 4.84 Å². The largest absolute Gasteiger partial charge is 0.573 e. The molecule has 2 heterocycles. The Kier molecular flexibility index (Phi) is 6.90. The molecule has 0 radical (unpaired) electrons. The molecule has 0 spiro atoms. The molecule has 2 aromatic carbocycles. The number of rotatable bonds is 6. The molecule has 0 saturated carbocycles. The lowest BCUT2D eigenvalue weighted by molar-refractivity contribution is -0.274. The summed E-state index contributed by atoms with van der Waals surface area (Å²) in [7, 11) is 0. The van der Waals surface area contributed by atoms with E-state index in [1.165, 1.54) is 34.2 Å². The van der Waals surface area contributed by atoms with E-state index in [0.29, 0.717) is 30.6 Å². The first-order chi connectivity index (χ1) is 17.1. The van der Waals surface area contributed by atoms with Crippen molar-refractivity contribution in [3.8, 4) is 11.4 Å². The second kappa shape index (κ2) is 10.1. The van der Waals surface area contributed by atoms with Crippen molar-refractivity contribution in [3.05, 3.63) is 71.5 Å². The number of amidine groups is 1. The summed E-state index contributed by atoms with van der Waals surface area (Å²) in [6.45, 7) is 2.21. The zero-order valence-electron chi connectivity index (χ0n) is 19.0. The minimum absolute atomic E-state index is 0.171. The molecule has 13 heteroatoms. The predicted molar refractivity (Wildman–Crippen MR) is 120 cm³/mol. The fourth-order valence-electron chi connectivity index (χ4n) is 3.86. The van der Waals surface area contributed by atoms with Crippen LogP contribution in [-0.4, -0.2) is 56.6 Å². The number of halogens is 3. The molecule has 0 bridgehead atoms. The van der Waals surface area contributed by atoms with Crippen LogP contribution in [0, 0.1) is 6.92 Å². The van der Waals surface area contributed by atoms with Gasteiger partial charge in [0, 0.05) is 6.54 Å². The minimum Gasteiger partial charge on any atom is -0.405 e. The van der Waals surface area contributed by atoms with Crippen molar-refractivity contribution in [2.45, 2.75) is 32.2 Å². The highest BCUT2D eigenvalue weighted by atomic mass is 19.4. The second-order valence-corrected chi connectivity index (χ2v) is 7.93. The molecule has 0 aliphatic carbocycles. The SMILES string of the molecule is Cc1ccc(-n2nccn2)c(C(=O)N2CCC[C@H]2/C(N)=N/OC(=O)c2ccccc2OC(F)(F)F)c1. The number of amides is 1. The van der Waals surface area contributed by atoms with Crippen molar-refractivity contribution in [1.82, 2.24) is 19.9 Å². The van der Waals surface area contributed by atoms with Crippen LogP contribution in [0.1, 0.15) is 39.1 Å². The maximum absolute atomic E-state index is 13.5. The van der Waals surface area contributed by atoms with Gasteiger partial charge >= 0.3 is 12.3 Å². The molecule has 1 aromatic heterocycles. The number of alkyl halides is 3. The molecule has 36 heavy (non-hydrogen) atoms. The van der Waals surface area contributed by atoms with E-state index in [2.05, 4.69) is 20.1 Å². The molecule has 3 aromatic rings. The van der Waals surface area contributed by atoms with Crippen LogP contribution in [0.5, 0.6) is 5.75 Å². The van der Waals surface area contributed by atoms with Gasteiger partial charge in [-0.05, 0) is 44.0 Å². The van der Waals surface area contributed by atoms with Gasteiger partial charge in [0.1, 0.15) is 11.3 Å². The Labute approximate surface area is 203 Å². The van der Waals surface area contributed by atoms with Crippen LogP contribution < -0.4 is 10.5 Å². The number of benzene rings is 2. The Balaban J connectivity index is 1.53. The van der Waals surface area contributed by atoms with E-state index < -0.39 is 29.7 Å². The first kappa shape index (κ1) is 24.7. The number of likely N-dealkylation sites (tertiary alicyclic amines) is 1. The monoisotopic (exact) mass is 502 g/mol. The predicted octanol–water partition coefficient (Wildman–Crippen LogP) is 3.21. The first-order valence-electron chi connectivity index (χ1n) is 10.8. The third-order valence-corrected chi connectivity index (χ3v) is 5.44. The van der Waals surface area contributed by atoms with Crippen molar-refractivity contribution in [3.63, 3.8) is 0 Å². The van der Waals surface area contributed by atoms with E-state index >= 15 is 0 Å². The number of nitrogens with two attached hydrogens (primary N) is 1. The molecule has 1 aliphatic rings. The van der Waals surface area contributed by atoms with Gasteiger partial charge in [0.05, 0.1) is 29.7 Å². The first-order valence-corrected chi connectivity index (χ1v) is 10.8. The van der Waals surface area contributed by atoms with E-state index in [1.54, 1.807) is 12.1 Å². The summed E-state index contributed by atoms with van der Waals surface area (Å²) in [4.78, 5) is 33.5. The van der Waals surface area contributed by atoms with Crippen LogP contribution >= 0.6 is 0 Å². The highest BCUT2D eigenvalue weighted by Crippen LogP contribution is 2.27. The number of aromatic nitrogens is 3. The summed E-state index contributed by atoms with van der Waals surface area (Å²) in [6.07, 6.45) is -0.950. The Hall–Kier alpha value is -4.42. The lowest BCUT2D eigenvalue weighted by atomic mass is 10.1. The molecule has 4 rings (SSSR count). The van der Waals surface area contributed by atoms with Crippen LogP contribution in [0.25, 0.3) is 5.69 Å². The summed E-state index contributed by atoms with van der Waals surface area (Å²) in [5, 5.41) is 11.8. The number of nitrogens with zero attached hydrogens (tertiary/aromatic N) is 5. The normalized spacial score (nSPS) is 16.2. The number of hydrogen-bond acceptors (Lipinski definition) is 7. The van der Waals surface area contributed by atoms with E-state index in [4.69, 9.17) is 10.6 Å². The molecule has 1 amide bonds. The van der Waals surface area contributed by atoms with E-state index in [9.17, 15) is 22.8 Å². The van der Waals surface area contributed by atoms with Crippen molar-refractivity contribution in [2.75, 3.05) is 6.54 Å². The van der Waals surface area contributed by atoms with E-state index in [1.807, 2.05) is 13.0 Å². The Morgan fingerprint density at radius 2 is 1.83 bits per heavy atom. The number of para-hydroxylation sites is 1. The summed E-state index contributed by atoms with van der Waals surface area (Å²) < 4.78 is 41.8. The van der Waals surface area contributed by atoms with Gasteiger partial charge in [-0.3, -0.25) is 4.79 Å². The van der Waals surface area contributed by atoms with Crippen LogP contribution in [0.4, 0.5) is 13.2 Å². The van der Waals surface area contributed by atoms with Crippen molar-refractivity contribution < 1.29 is 32.3 Å². The van der Waals surface area contributed by atoms with Gasteiger partial charge < -0.3 is 20.2 Å². The molecule has 1 aliphatic heterocycles. The topological polar surface area (TPSA) is 125 Å². The second-order valence-electron chi connectivity index (χ2n) is 7.93. The lowest BCUT2D eigenvalue weighted by Crippen LogP contribution is -2.44. The molecule has 1 fully saturated rings. The van der Waals surface area contributed by atoms with E-state index in [0.717, 1.165) is 17.7 Å². The quantitative estimate of drug-likeness (QED) is 0.238. The molecule has 188 valence electrons. The zero-order chi connectivity index (χ0) is 25.9. The van der Waals surface area contributed by atoms with Gasteiger partial charge in [-0.2, -0.15) is 15.0 Å². The molecule has 0 unspecified atom stereocenters. The maximum atomic E-state index is 13.5. The van der Waals surface area contributed by atoms with Crippen LogP contribution in [0.2, 0.25) is 0 Å². The third-order valence-electron chi connectivity index (χ3n) is 5.44. The van der Waals surface area contributed by atoms with E-state index in [-0.39, 0.29) is 11.7 Å². The Bertz CT molecular complexity index is 1290. The average molecular weight is 502 g/mol. The molecule has 1 saturated heterocycles. The number of hydrogen-bond donors (Lipinski definition) is 1. The summed E-state index contributed by atoms with van der Waals surface area (Å²) >= 11 is 0. The van der Waals surface area contributed by atoms with Gasteiger partial charge in [-0.25, -0.2) is 4.79 Å². The van der Waals surface area contributed by atoms with Gasteiger partial charge in [0.15, 0.2) is 5.84 Å². The summed E-state index contributed by atoms with van der Waals surface area (Å²) in [5.74, 6) is -2.45. The zero-order valence-corrected chi connectivity index (χ0v) is 19.0. The highest BCUT2D eigenvalue weighted by Gasteiger charge is 2.35. The molecular formula is C23H21F3N6O4. The van der Waals surface area contributed by atoms with Gasteiger partial charge in [-0.15, -0.1) is 13.2 Å². The summed E-state index contributed by atoms with van der Waals surface area (Å²) in [6, 6.07) is 9.27. The maximum Gasteiger partial charge on any atom is 0.573 e. The number of carbonyl (C=O) groups is 2. The molecule has 10 nitrogen and oxygen atoms in total. The minimum atomic E-state index is -5.00. The fourth-order valence-corrected chi connectivity index (χ4v) is 3.86. The lowest BCUT2D eigenvalue weighted by Gasteiger charge is -2.25. The van der Waals surface area contributed by atoms with Gasteiger partial charge in [-0.1, -0.05) is 28.9 Å². The van der Waals surface area contributed by atoms with Crippen molar-refractivity contribution >= 4 is 17.7 Å². The standard InChI is InChI=1S/C23H21F3N6O4/c1-14-8-9-17(32-28-10-11-29-32)16(13-14)21(33)31-12-4-6-18(31)20(27)30-36-22(34)15-5-2-3-7-19(15)35-23(24,25)26/h2-3,5,7-11,13,18H,4,6,12H2,1H3,(H2,27,30)/t18-/m0/s1. The Morgan fingerprint density at radius 3 is 2.56 bits per heavy atom. The van der Waals surface area contributed by atoms with Gasteiger partial charge in [0.25, 0.3) is 5.91 Å². The molecule has 1 atom stereocenters. The van der Waals surface area contributed by atoms with Crippen LogP contribution in [0.3, 0.4) is 0 Å². The van der Waals surface area contributed by atoms with Crippen molar-refractivity contribution in [1.29, 1.82) is 0 Å². The number of aryl methyl sites for hydroxylation is 1. The smallest absolute Gasteiger partial charge is 0.405 e. The summed E-state index contributed by atoms with van der Waals surface area (Å²) in [5.41, 5.74) is 7.24. The number of oxime groups is 1. The average Bonchev–Trinajstić information content (AvgIpc) is 3.54. The number of carbonyl (C=O) groups excluding carboxylic acids is 2. The number of ether oxygens (including phenoxy) is 1. The third kappa shape index (κ3) is 5.45. The molecule has 2 N–H and O–H groups in total. The Morgan fingerprint density at radius 1 is 1.11 bits per heavy atom. The van der Waals surface area contributed by atoms with Crippen LogP contribution in [0.15, 0.2) is 60.0 Å². The van der Waals surface area contributed by atoms with Gasteiger partial charge in [0.2, 0.25) is 0 Å². The molecular weight excluding hydrogens is 481 g/mol. The fraction of sp³-hybridized carbons (Fsp3) is 0.261.